The summed E-state index contributed by atoms with van der Waals surface area (Å²) in [6.07, 6.45) is 3.18. The lowest BCUT2D eigenvalue weighted by Crippen LogP contribution is -2.32. The summed E-state index contributed by atoms with van der Waals surface area (Å²) in [4.78, 5) is 11.6. The summed E-state index contributed by atoms with van der Waals surface area (Å²) >= 11 is 0. The quantitative estimate of drug-likeness (QED) is 0.884. The van der Waals surface area contributed by atoms with Gasteiger partial charge in [-0.3, -0.25) is 4.79 Å². The number of carboxylic acids is 1. The van der Waals surface area contributed by atoms with Gasteiger partial charge in [-0.25, -0.2) is 4.39 Å². The fourth-order valence-corrected chi connectivity index (χ4v) is 2.89. The molecule has 2 nitrogen and oxygen atoms in total. The third-order valence-corrected chi connectivity index (χ3v) is 4.04. The van der Waals surface area contributed by atoms with Crippen LogP contribution in [0.1, 0.15) is 56.6 Å². The van der Waals surface area contributed by atoms with Gasteiger partial charge in [-0.15, -0.1) is 0 Å². The molecule has 98 valence electrons. The van der Waals surface area contributed by atoms with Gasteiger partial charge in [0.1, 0.15) is 5.82 Å². The van der Waals surface area contributed by atoms with E-state index in [2.05, 4.69) is 0 Å². The normalized spacial score (nSPS) is 18.2. The highest BCUT2D eigenvalue weighted by Gasteiger charge is 2.43. The zero-order valence-electron chi connectivity index (χ0n) is 10.9. The molecular formula is C15H19FO2. The van der Waals surface area contributed by atoms with E-state index in [1.165, 1.54) is 6.07 Å². The number of hydrogen-bond donors (Lipinski definition) is 1. The van der Waals surface area contributed by atoms with Crippen molar-refractivity contribution in [3.8, 4) is 0 Å². The summed E-state index contributed by atoms with van der Waals surface area (Å²) in [5, 5.41) is 9.52. The first-order valence-corrected chi connectivity index (χ1v) is 6.51. The Bertz CT molecular complexity index is 460. The molecule has 0 aromatic heterocycles. The summed E-state index contributed by atoms with van der Waals surface area (Å²) < 4.78 is 13.7. The van der Waals surface area contributed by atoms with E-state index >= 15 is 0 Å². The zero-order chi connectivity index (χ0) is 13.3. The summed E-state index contributed by atoms with van der Waals surface area (Å²) in [7, 11) is 0. The molecule has 2 rings (SSSR count). The molecule has 1 saturated carbocycles. The van der Waals surface area contributed by atoms with Gasteiger partial charge in [0.2, 0.25) is 0 Å². The number of carbonyl (C=O) groups is 1. The molecule has 0 spiro atoms. The van der Waals surface area contributed by atoms with Crippen LogP contribution >= 0.6 is 0 Å². The molecule has 0 saturated heterocycles. The van der Waals surface area contributed by atoms with Gasteiger partial charge in [0.15, 0.2) is 0 Å². The van der Waals surface area contributed by atoms with Crippen molar-refractivity contribution in [3.05, 3.63) is 35.1 Å². The first-order chi connectivity index (χ1) is 8.47. The van der Waals surface area contributed by atoms with Gasteiger partial charge >= 0.3 is 5.97 Å². The van der Waals surface area contributed by atoms with E-state index in [0.717, 1.165) is 18.4 Å². The number of rotatable bonds is 3. The Hall–Kier alpha value is -1.38. The van der Waals surface area contributed by atoms with Crippen molar-refractivity contribution in [2.75, 3.05) is 0 Å². The van der Waals surface area contributed by atoms with Gasteiger partial charge in [0, 0.05) is 0 Å². The van der Waals surface area contributed by atoms with Crippen molar-refractivity contribution in [1.82, 2.24) is 0 Å². The van der Waals surface area contributed by atoms with Gasteiger partial charge in [-0.2, -0.15) is 0 Å². The summed E-state index contributed by atoms with van der Waals surface area (Å²) in [5.41, 5.74) is 0.578. The first kappa shape index (κ1) is 13.1. The number of halogens is 1. The Morgan fingerprint density at radius 2 is 1.94 bits per heavy atom. The molecule has 0 amide bonds. The molecule has 0 bridgehead atoms. The minimum Gasteiger partial charge on any atom is -0.481 e. The van der Waals surface area contributed by atoms with Crippen LogP contribution in [0, 0.1) is 5.82 Å². The second-order valence-electron chi connectivity index (χ2n) is 5.49. The third-order valence-electron chi connectivity index (χ3n) is 4.04. The average Bonchev–Trinajstić information content (AvgIpc) is 2.79. The molecule has 18 heavy (non-hydrogen) atoms. The Morgan fingerprint density at radius 1 is 1.33 bits per heavy atom. The second kappa shape index (κ2) is 4.71. The van der Waals surface area contributed by atoms with E-state index in [1.807, 2.05) is 13.8 Å². The minimum absolute atomic E-state index is 0.0668. The predicted molar refractivity (Wildman–Crippen MR) is 68.3 cm³/mol. The maximum atomic E-state index is 13.7. The number of benzene rings is 1. The van der Waals surface area contributed by atoms with Crippen LogP contribution in [0.3, 0.4) is 0 Å². The largest absolute Gasteiger partial charge is 0.481 e. The van der Waals surface area contributed by atoms with E-state index < -0.39 is 11.4 Å². The molecular weight excluding hydrogens is 231 g/mol. The summed E-state index contributed by atoms with van der Waals surface area (Å²) in [5.74, 6) is -0.953. The van der Waals surface area contributed by atoms with Gasteiger partial charge < -0.3 is 5.11 Å². The smallest absolute Gasteiger partial charge is 0.314 e. The van der Waals surface area contributed by atoms with E-state index in [4.69, 9.17) is 0 Å². The Balaban J connectivity index is 2.49. The van der Waals surface area contributed by atoms with Crippen LogP contribution in [0.25, 0.3) is 0 Å². The van der Waals surface area contributed by atoms with Crippen molar-refractivity contribution in [2.45, 2.75) is 50.9 Å². The van der Waals surface area contributed by atoms with Gasteiger partial charge in [-0.1, -0.05) is 38.8 Å². The Kier molecular flexibility index (Phi) is 3.42. The van der Waals surface area contributed by atoms with Gasteiger partial charge in [0.25, 0.3) is 0 Å². The van der Waals surface area contributed by atoms with Crippen molar-refractivity contribution in [3.63, 3.8) is 0 Å². The maximum absolute atomic E-state index is 13.7. The van der Waals surface area contributed by atoms with Crippen LogP contribution in [0.2, 0.25) is 0 Å². The van der Waals surface area contributed by atoms with Crippen LogP contribution < -0.4 is 0 Å². The minimum atomic E-state index is -0.794. The van der Waals surface area contributed by atoms with Crippen molar-refractivity contribution in [2.24, 2.45) is 0 Å². The molecule has 0 unspecified atom stereocenters. The molecule has 1 aliphatic carbocycles. The molecule has 1 aliphatic rings. The molecule has 0 atom stereocenters. The lowest BCUT2D eigenvalue weighted by atomic mass is 9.78. The summed E-state index contributed by atoms with van der Waals surface area (Å²) in [6, 6.07) is 4.80. The first-order valence-electron chi connectivity index (χ1n) is 6.51. The van der Waals surface area contributed by atoms with Crippen molar-refractivity contribution >= 4 is 5.97 Å². The predicted octanol–water partition coefficient (Wildman–Crippen LogP) is 3.85. The van der Waals surface area contributed by atoms with Crippen LogP contribution in [0.5, 0.6) is 0 Å². The Morgan fingerprint density at radius 3 is 2.44 bits per heavy atom. The zero-order valence-corrected chi connectivity index (χ0v) is 10.9. The van der Waals surface area contributed by atoms with E-state index in [-0.39, 0.29) is 11.7 Å². The van der Waals surface area contributed by atoms with Crippen molar-refractivity contribution < 1.29 is 14.3 Å². The lowest BCUT2D eigenvalue weighted by Gasteiger charge is -2.25. The van der Waals surface area contributed by atoms with Gasteiger partial charge in [-0.05, 0) is 36.0 Å². The maximum Gasteiger partial charge on any atom is 0.314 e. The highest BCUT2D eigenvalue weighted by atomic mass is 19.1. The van der Waals surface area contributed by atoms with E-state index in [0.29, 0.717) is 18.4 Å². The van der Waals surface area contributed by atoms with Crippen molar-refractivity contribution in [1.29, 1.82) is 0 Å². The van der Waals surface area contributed by atoms with Crippen LogP contribution in [-0.2, 0) is 10.2 Å². The molecule has 0 heterocycles. The fourth-order valence-electron chi connectivity index (χ4n) is 2.89. The van der Waals surface area contributed by atoms with Crippen LogP contribution in [-0.4, -0.2) is 11.1 Å². The molecule has 1 aromatic carbocycles. The third kappa shape index (κ3) is 2.02. The van der Waals surface area contributed by atoms with Gasteiger partial charge in [0.05, 0.1) is 5.41 Å². The molecule has 0 aliphatic heterocycles. The Labute approximate surface area is 107 Å². The molecule has 0 radical (unpaired) electrons. The highest BCUT2D eigenvalue weighted by molar-refractivity contribution is 5.81. The SMILES string of the molecule is CC(C)c1cc(C2(C(=O)O)CCCC2)ccc1F. The standard InChI is InChI=1S/C15H19FO2/c1-10(2)12-9-11(5-6-13(12)16)15(14(17)18)7-3-4-8-15/h5-6,9-10H,3-4,7-8H2,1-2H3,(H,17,18). The van der Waals surface area contributed by atoms with E-state index in [1.54, 1.807) is 12.1 Å². The number of aliphatic carboxylic acids is 1. The van der Waals surface area contributed by atoms with Crippen LogP contribution in [0.4, 0.5) is 4.39 Å². The number of carboxylic acid groups (broad SMARTS) is 1. The summed E-state index contributed by atoms with van der Waals surface area (Å²) in [6.45, 7) is 3.84. The molecule has 3 heteroatoms. The average molecular weight is 250 g/mol. The van der Waals surface area contributed by atoms with Crippen LogP contribution in [0.15, 0.2) is 18.2 Å². The molecule has 1 aromatic rings. The monoisotopic (exact) mass is 250 g/mol. The molecule has 1 fully saturated rings. The molecule has 1 N–H and O–H groups in total. The fraction of sp³-hybridized carbons (Fsp3) is 0.533. The topological polar surface area (TPSA) is 37.3 Å². The highest BCUT2D eigenvalue weighted by Crippen LogP contribution is 2.42. The number of hydrogen-bond acceptors (Lipinski definition) is 1. The van der Waals surface area contributed by atoms with E-state index in [9.17, 15) is 14.3 Å². The lowest BCUT2D eigenvalue weighted by molar-refractivity contribution is -0.143. The second-order valence-corrected chi connectivity index (χ2v) is 5.49.